The van der Waals surface area contributed by atoms with E-state index < -0.39 is 11.8 Å². The molecule has 0 amide bonds. The minimum atomic E-state index is -0.421. The van der Waals surface area contributed by atoms with Crippen LogP contribution >= 0.6 is 0 Å². The smallest absolute Gasteiger partial charge is 0.167 e. The van der Waals surface area contributed by atoms with Crippen molar-refractivity contribution in [2.45, 2.75) is 39.5 Å². The van der Waals surface area contributed by atoms with Crippen LogP contribution in [0.1, 0.15) is 65.9 Å². The van der Waals surface area contributed by atoms with Crippen LogP contribution in [0.3, 0.4) is 0 Å². The van der Waals surface area contributed by atoms with Crippen LogP contribution in [0, 0.1) is 39.5 Å². The van der Waals surface area contributed by atoms with Gasteiger partial charge in [-0.3, -0.25) is 9.59 Å². The predicted molar refractivity (Wildman–Crippen MR) is 146 cm³/mol. The molecule has 0 N–H and O–H groups in total. The van der Waals surface area contributed by atoms with Crippen molar-refractivity contribution in [2.24, 2.45) is 11.8 Å². The summed E-state index contributed by atoms with van der Waals surface area (Å²) < 4.78 is 0. The lowest BCUT2D eigenvalue weighted by Gasteiger charge is -2.51. The average molecular weight is 473 g/mol. The van der Waals surface area contributed by atoms with Crippen LogP contribution < -0.4 is 0 Å². The number of ketones is 2. The number of benzene rings is 4. The Kier molecular flexibility index (Phi) is 6.45. The van der Waals surface area contributed by atoms with E-state index in [2.05, 4.69) is 62.4 Å². The number of hydrogen-bond donors (Lipinski definition) is 0. The molecule has 2 heteroatoms. The SMILES string of the molecule is Cc1ccc(C(=O)[C@@H]2[C@@H](C(=O)c3ccc(C)cc3)[C@H](c3ccc(C)cc3)[C@H]2c2ccc(C)cc2)cc1. The molecule has 36 heavy (non-hydrogen) atoms. The highest BCUT2D eigenvalue weighted by Crippen LogP contribution is 2.59. The van der Waals surface area contributed by atoms with Gasteiger partial charge in [0.25, 0.3) is 0 Å². The molecule has 180 valence electrons. The number of carbonyl (C=O) groups is 2. The van der Waals surface area contributed by atoms with Gasteiger partial charge in [-0.1, -0.05) is 119 Å². The summed E-state index contributed by atoms with van der Waals surface area (Å²) in [6.07, 6.45) is 0. The Hall–Kier alpha value is -3.78. The molecular weight excluding hydrogens is 440 g/mol. The van der Waals surface area contributed by atoms with E-state index in [1.165, 1.54) is 11.1 Å². The molecule has 4 aromatic rings. The van der Waals surface area contributed by atoms with Crippen molar-refractivity contribution >= 4 is 11.6 Å². The maximum atomic E-state index is 14.1. The monoisotopic (exact) mass is 472 g/mol. The van der Waals surface area contributed by atoms with Crippen molar-refractivity contribution in [2.75, 3.05) is 0 Å². The molecule has 1 aliphatic rings. The normalized spacial score (nSPS) is 21.0. The molecule has 1 fully saturated rings. The van der Waals surface area contributed by atoms with E-state index in [0.29, 0.717) is 11.1 Å². The average Bonchev–Trinajstić information content (AvgIpc) is 2.86. The van der Waals surface area contributed by atoms with Crippen molar-refractivity contribution in [1.82, 2.24) is 0 Å². The van der Waals surface area contributed by atoms with E-state index in [1.54, 1.807) is 0 Å². The molecule has 0 spiro atoms. The molecule has 4 aromatic carbocycles. The van der Waals surface area contributed by atoms with E-state index in [0.717, 1.165) is 22.3 Å². The van der Waals surface area contributed by atoms with E-state index in [1.807, 2.05) is 62.4 Å². The van der Waals surface area contributed by atoms with Gasteiger partial charge in [0.1, 0.15) is 0 Å². The third-order valence-corrected chi connectivity index (χ3v) is 7.75. The summed E-state index contributed by atoms with van der Waals surface area (Å²) in [5.41, 5.74) is 8.16. The van der Waals surface area contributed by atoms with Crippen molar-refractivity contribution in [1.29, 1.82) is 0 Å². The minimum absolute atomic E-state index is 0.0504. The summed E-state index contributed by atoms with van der Waals surface area (Å²) in [4.78, 5) is 28.1. The van der Waals surface area contributed by atoms with Gasteiger partial charge in [-0.25, -0.2) is 0 Å². The summed E-state index contributed by atoms with van der Waals surface area (Å²) in [5, 5.41) is 0. The lowest BCUT2D eigenvalue weighted by atomic mass is 9.49. The maximum absolute atomic E-state index is 14.1. The Labute approximate surface area is 214 Å². The standard InChI is InChI=1S/C34H32O2/c1-21-5-13-25(14-6-21)29-30(26-15-7-22(2)8-16-26)32(34(36)28-19-11-24(4)12-20-28)31(29)33(35)27-17-9-23(3)10-18-27/h5-20,29-32H,1-4H3/t29-,30-,31+,32+/m1/s1. The summed E-state index contributed by atoms with van der Waals surface area (Å²) >= 11 is 0. The Morgan fingerprint density at radius 2 is 0.667 bits per heavy atom. The van der Waals surface area contributed by atoms with E-state index in [-0.39, 0.29) is 23.4 Å². The number of Topliss-reactive ketones (excluding diaryl/α,β-unsaturated/α-hetero) is 2. The Morgan fingerprint density at radius 3 is 0.944 bits per heavy atom. The molecule has 1 saturated carbocycles. The van der Waals surface area contributed by atoms with Gasteiger partial charge < -0.3 is 0 Å². The first-order valence-corrected chi connectivity index (χ1v) is 12.7. The zero-order chi connectivity index (χ0) is 25.4. The molecule has 0 aliphatic heterocycles. The fourth-order valence-electron chi connectivity index (χ4n) is 5.63. The van der Waals surface area contributed by atoms with Crippen LogP contribution in [-0.2, 0) is 0 Å². The quantitative estimate of drug-likeness (QED) is 0.268. The molecule has 1 aliphatic carbocycles. The van der Waals surface area contributed by atoms with E-state index in [4.69, 9.17) is 0 Å². The van der Waals surface area contributed by atoms with Gasteiger partial charge in [-0.15, -0.1) is 0 Å². The fourth-order valence-corrected chi connectivity index (χ4v) is 5.63. The fraction of sp³-hybridized carbons (Fsp3) is 0.235. The van der Waals surface area contributed by atoms with Gasteiger partial charge in [0.2, 0.25) is 0 Å². The van der Waals surface area contributed by atoms with Gasteiger partial charge in [0.05, 0.1) is 0 Å². The topological polar surface area (TPSA) is 34.1 Å². The van der Waals surface area contributed by atoms with Gasteiger partial charge in [0, 0.05) is 34.8 Å². The number of carbonyl (C=O) groups excluding carboxylic acids is 2. The minimum Gasteiger partial charge on any atom is -0.294 e. The number of aryl methyl sites for hydroxylation is 4. The zero-order valence-electron chi connectivity index (χ0n) is 21.4. The Balaban J connectivity index is 1.64. The molecule has 0 unspecified atom stereocenters. The highest BCUT2D eigenvalue weighted by atomic mass is 16.1. The van der Waals surface area contributed by atoms with Crippen molar-refractivity contribution in [3.05, 3.63) is 142 Å². The van der Waals surface area contributed by atoms with Crippen molar-refractivity contribution in [3.8, 4) is 0 Å². The maximum Gasteiger partial charge on any atom is 0.167 e. The van der Waals surface area contributed by atoms with Crippen molar-refractivity contribution < 1.29 is 9.59 Å². The predicted octanol–water partition coefficient (Wildman–Crippen LogP) is 7.80. The van der Waals surface area contributed by atoms with Crippen molar-refractivity contribution in [3.63, 3.8) is 0 Å². The third kappa shape index (κ3) is 4.44. The molecule has 0 heterocycles. The highest BCUT2D eigenvalue weighted by Gasteiger charge is 2.57. The van der Waals surface area contributed by atoms with Gasteiger partial charge in [0.15, 0.2) is 11.6 Å². The van der Waals surface area contributed by atoms with Crippen LogP contribution in [0.15, 0.2) is 97.1 Å². The first kappa shape index (κ1) is 23.9. The second-order valence-electron chi connectivity index (χ2n) is 10.4. The summed E-state index contributed by atoms with van der Waals surface area (Å²) in [7, 11) is 0. The molecule has 0 saturated heterocycles. The summed E-state index contributed by atoms with van der Waals surface area (Å²) in [6.45, 7) is 8.18. The van der Waals surface area contributed by atoms with Crippen LogP contribution in [0.2, 0.25) is 0 Å². The molecule has 0 aromatic heterocycles. The van der Waals surface area contributed by atoms with Gasteiger partial charge in [-0.05, 0) is 38.8 Å². The summed E-state index contributed by atoms with van der Waals surface area (Å²) in [5.74, 6) is -0.877. The number of rotatable bonds is 6. The van der Waals surface area contributed by atoms with Gasteiger partial charge in [-0.2, -0.15) is 0 Å². The first-order chi connectivity index (χ1) is 17.3. The number of hydrogen-bond acceptors (Lipinski definition) is 2. The second kappa shape index (κ2) is 9.70. The first-order valence-electron chi connectivity index (χ1n) is 12.7. The zero-order valence-corrected chi connectivity index (χ0v) is 21.4. The lowest BCUT2D eigenvalue weighted by molar-refractivity contribution is 0.0456. The van der Waals surface area contributed by atoms with Crippen LogP contribution in [0.5, 0.6) is 0 Å². The molecule has 5 rings (SSSR count). The second-order valence-corrected chi connectivity index (χ2v) is 10.4. The van der Waals surface area contributed by atoms with Crippen LogP contribution in [-0.4, -0.2) is 11.6 Å². The van der Waals surface area contributed by atoms with E-state index in [9.17, 15) is 9.59 Å². The largest absolute Gasteiger partial charge is 0.294 e. The molecule has 4 atom stereocenters. The lowest BCUT2D eigenvalue weighted by Crippen LogP contribution is -2.51. The molecule has 0 radical (unpaired) electrons. The highest BCUT2D eigenvalue weighted by molar-refractivity contribution is 6.07. The molecular formula is C34H32O2. The van der Waals surface area contributed by atoms with Gasteiger partial charge >= 0.3 is 0 Å². The van der Waals surface area contributed by atoms with E-state index >= 15 is 0 Å². The van der Waals surface area contributed by atoms with Crippen LogP contribution in [0.25, 0.3) is 0 Å². The Bertz CT molecular complexity index is 1270. The molecule has 2 nitrogen and oxygen atoms in total. The summed E-state index contributed by atoms with van der Waals surface area (Å²) in [6, 6.07) is 32.4. The molecule has 0 bridgehead atoms. The Morgan fingerprint density at radius 1 is 0.417 bits per heavy atom. The van der Waals surface area contributed by atoms with Crippen LogP contribution in [0.4, 0.5) is 0 Å². The third-order valence-electron chi connectivity index (χ3n) is 7.75.